The van der Waals surface area contributed by atoms with Crippen LogP contribution in [0.1, 0.15) is 20.8 Å². The number of hydrogen-bond acceptors (Lipinski definition) is 3. The molecule has 0 bridgehead atoms. The predicted molar refractivity (Wildman–Crippen MR) is 75.5 cm³/mol. The lowest BCUT2D eigenvalue weighted by Crippen LogP contribution is -2.43. The van der Waals surface area contributed by atoms with Crippen LogP contribution in [0.5, 0.6) is 0 Å². The number of carbonyl (C=O) groups is 1. The van der Waals surface area contributed by atoms with Crippen molar-refractivity contribution in [1.29, 1.82) is 0 Å². The Labute approximate surface area is 112 Å². The molecule has 1 amide bonds. The van der Waals surface area contributed by atoms with Crippen LogP contribution in [0.2, 0.25) is 0 Å². The maximum absolute atomic E-state index is 12.6. The van der Waals surface area contributed by atoms with Crippen LogP contribution in [-0.2, 0) is 4.79 Å². The van der Waals surface area contributed by atoms with Gasteiger partial charge in [0.15, 0.2) is 0 Å². The second kappa shape index (κ2) is 7.10. The summed E-state index contributed by atoms with van der Waals surface area (Å²) in [6, 6.07) is 0. The summed E-state index contributed by atoms with van der Waals surface area (Å²) in [6.07, 6.45) is 0. The molecule has 0 aliphatic carbocycles. The quantitative estimate of drug-likeness (QED) is 0.765. The molecule has 18 heavy (non-hydrogen) atoms. The van der Waals surface area contributed by atoms with Crippen molar-refractivity contribution in [2.45, 2.75) is 20.8 Å². The fourth-order valence-corrected chi connectivity index (χ4v) is 2.43. The summed E-state index contributed by atoms with van der Waals surface area (Å²) in [6.45, 7) is 11.0. The first kappa shape index (κ1) is 15.4. The van der Waals surface area contributed by atoms with Gasteiger partial charge in [0.25, 0.3) is 0 Å². The normalized spacial score (nSPS) is 23.9. The van der Waals surface area contributed by atoms with Crippen LogP contribution in [0.25, 0.3) is 0 Å². The maximum Gasteiger partial charge on any atom is 0.227 e. The summed E-state index contributed by atoms with van der Waals surface area (Å²) in [5.41, 5.74) is 0. The Morgan fingerprint density at radius 2 is 1.94 bits per heavy atom. The van der Waals surface area contributed by atoms with E-state index in [0.717, 1.165) is 32.7 Å². The molecule has 1 aliphatic rings. The van der Waals surface area contributed by atoms with Crippen LogP contribution < -0.4 is 5.32 Å². The van der Waals surface area contributed by atoms with Gasteiger partial charge in [-0.2, -0.15) is 0 Å². The standard InChI is InChI=1S/C14H29N3O/c1-11(2)10-17(7-6-16(4)5)14(18)13-9-15-8-12(13)3/h11-13,15H,6-10H2,1-5H3/t12-,13-/m1/s1. The lowest BCUT2D eigenvalue weighted by molar-refractivity contribution is -0.136. The molecule has 0 aromatic heterocycles. The number of rotatable bonds is 6. The molecule has 1 aliphatic heterocycles. The summed E-state index contributed by atoms with van der Waals surface area (Å²) in [7, 11) is 4.11. The molecule has 0 aromatic rings. The van der Waals surface area contributed by atoms with Gasteiger partial charge in [-0.15, -0.1) is 0 Å². The molecule has 2 atom stereocenters. The number of nitrogens with one attached hydrogen (secondary N) is 1. The zero-order valence-corrected chi connectivity index (χ0v) is 12.6. The average Bonchev–Trinajstić information content (AvgIpc) is 2.69. The van der Waals surface area contributed by atoms with Gasteiger partial charge < -0.3 is 15.1 Å². The zero-order chi connectivity index (χ0) is 13.7. The minimum atomic E-state index is 0.172. The second-order valence-electron chi connectivity index (χ2n) is 6.22. The van der Waals surface area contributed by atoms with Crippen LogP contribution in [0.4, 0.5) is 0 Å². The van der Waals surface area contributed by atoms with Crippen LogP contribution in [0.3, 0.4) is 0 Å². The van der Waals surface area contributed by atoms with E-state index in [4.69, 9.17) is 0 Å². The Hall–Kier alpha value is -0.610. The lowest BCUT2D eigenvalue weighted by atomic mass is 9.96. The molecule has 1 heterocycles. The molecule has 1 N–H and O–H groups in total. The summed E-state index contributed by atoms with van der Waals surface area (Å²) in [5, 5.41) is 3.32. The predicted octanol–water partition coefficient (Wildman–Crippen LogP) is 0.888. The van der Waals surface area contributed by atoms with Gasteiger partial charge in [0.1, 0.15) is 0 Å². The van der Waals surface area contributed by atoms with Crippen molar-refractivity contribution in [3.63, 3.8) is 0 Å². The van der Waals surface area contributed by atoms with Crippen molar-refractivity contribution < 1.29 is 4.79 Å². The molecule has 4 nitrogen and oxygen atoms in total. The average molecular weight is 255 g/mol. The third-order valence-corrected chi connectivity index (χ3v) is 3.55. The molecular weight excluding hydrogens is 226 g/mol. The Kier molecular flexibility index (Phi) is 6.09. The summed E-state index contributed by atoms with van der Waals surface area (Å²) in [5.74, 6) is 1.50. The van der Waals surface area contributed by atoms with E-state index in [0.29, 0.717) is 17.7 Å². The van der Waals surface area contributed by atoms with Gasteiger partial charge in [-0.25, -0.2) is 0 Å². The summed E-state index contributed by atoms with van der Waals surface area (Å²) < 4.78 is 0. The van der Waals surface area contributed by atoms with Crippen molar-refractivity contribution in [2.24, 2.45) is 17.8 Å². The number of hydrogen-bond donors (Lipinski definition) is 1. The van der Waals surface area contributed by atoms with Crippen molar-refractivity contribution in [2.75, 3.05) is 46.8 Å². The first-order chi connectivity index (χ1) is 8.41. The topological polar surface area (TPSA) is 35.6 Å². The molecule has 0 aromatic carbocycles. The van der Waals surface area contributed by atoms with Crippen LogP contribution in [0.15, 0.2) is 0 Å². The van der Waals surface area contributed by atoms with E-state index in [-0.39, 0.29) is 5.92 Å². The second-order valence-corrected chi connectivity index (χ2v) is 6.22. The minimum Gasteiger partial charge on any atom is -0.341 e. The molecule has 1 rings (SSSR count). The fraction of sp³-hybridized carbons (Fsp3) is 0.929. The SMILES string of the molecule is CC(C)CN(CCN(C)C)C(=O)[C@@H]1CNC[C@H]1C. The van der Waals surface area contributed by atoms with Crippen LogP contribution in [0, 0.1) is 17.8 Å². The Morgan fingerprint density at radius 3 is 2.39 bits per heavy atom. The molecule has 106 valence electrons. The van der Waals surface area contributed by atoms with E-state index >= 15 is 0 Å². The van der Waals surface area contributed by atoms with E-state index < -0.39 is 0 Å². The maximum atomic E-state index is 12.6. The highest BCUT2D eigenvalue weighted by Gasteiger charge is 2.32. The minimum absolute atomic E-state index is 0.172. The number of amides is 1. The van der Waals surface area contributed by atoms with Gasteiger partial charge >= 0.3 is 0 Å². The monoisotopic (exact) mass is 255 g/mol. The van der Waals surface area contributed by atoms with E-state index in [1.54, 1.807) is 0 Å². The Morgan fingerprint density at radius 1 is 1.28 bits per heavy atom. The van der Waals surface area contributed by atoms with Gasteiger partial charge in [-0.05, 0) is 32.5 Å². The van der Waals surface area contributed by atoms with Gasteiger partial charge in [-0.3, -0.25) is 4.79 Å². The highest BCUT2D eigenvalue weighted by molar-refractivity contribution is 5.79. The number of likely N-dealkylation sites (N-methyl/N-ethyl adjacent to an activating group) is 1. The van der Waals surface area contributed by atoms with Gasteiger partial charge in [0.2, 0.25) is 5.91 Å². The molecule has 0 spiro atoms. The van der Waals surface area contributed by atoms with Crippen molar-refractivity contribution in [1.82, 2.24) is 15.1 Å². The molecule has 0 saturated carbocycles. The molecule has 1 saturated heterocycles. The molecule has 0 radical (unpaired) electrons. The lowest BCUT2D eigenvalue weighted by Gasteiger charge is -2.29. The number of nitrogens with zero attached hydrogens (tertiary/aromatic N) is 2. The van der Waals surface area contributed by atoms with E-state index in [1.165, 1.54) is 0 Å². The fourth-order valence-electron chi connectivity index (χ4n) is 2.43. The third kappa shape index (κ3) is 4.58. The highest BCUT2D eigenvalue weighted by Crippen LogP contribution is 2.19. The van der Waals surface area contributed by atoms with E-state index in [1.807, 2.05) is 0 Å². The van der Waals surface area contributed by atoms with Gasteiger partial charge in [-0.1, -0.05) is 20.8 Å². The summed E-state index contributed by atoms with van der Waals surface area (Å²) >= 11 is 0. The third-order valence-electron chi connectivity index (χ3n) is 3.55. The van der Waals surface area contributed by atoms with E-state index in [2.05, 4.69) is 50.0 Å². The van der Waals surface area contributed by atoms with E-state index in [9.17, 15) is 4.79 Å². The van der Waals surface area contributed by atoms with Crippen molar-refractivity contribution in [3.8, 4) is 0 Å². The van der Waals surface area contributed by atoms with Crippen molar-refractivity contribution >= 4 is 5.91 Å². The zero-order valence-electron chi connectivity index (χ0n) is 12.6. The first-order valence-electron chi connectivity index (χ1n) is 7.06. The van der Waals surface area contributed by atoms with Gasteiger partial charge in [0, 0.05) is 26.2 Å². The number of carbonyl (C=O) groups excluding carboxylic acids is 1. The smallest absolute Gasteiger partial charge is 0.227 e. The summed E-state index contributed by atoms with van der Waals surface area (Å²) in [4.78, 5) is 16.8. The van der Waals surface area contributed by atoms with Crippen LogP contribution >= 0.6 is 0 Å². The molecule has 1 fully saturated rings. The molecule has 0 unspecified atom stereocenters. The molecule has 4 heteroatoms. The first-order valence-corrected chi connectivity index (χ1v) is 7.06. The largest absolute Gasteiger partial charge is 0.341 e. The highest BCUT2D eigenvalue weighted by atomic mass is 16.2. The van der Waals surface area contributed by atoms with Gasteiger partial charge in [0.05, 0.1) is 5.92 Å². The van der Waals surface area contributed by atoms with Crippen molar-refractivity contribution in [3.05, 3.63) is 0 Å². The Bertz CT molecular complexity index is 266. The molecular formula is C14H29N3O. The Balaban J connectivity index is 2.59. The van der Waals surface area contributed by atoms with Crippen LogP contribution in [-0.4, -0.2) is 62.5 Å².